The topological polar surface area (TPSA) is 176 Å². The van der Waals surface area contributed by atoms with Gasteiger partial charge in [-0.05, 0) is 101 Å². The van der Waals surface area contributed by atoms with Crippen molar-refractivity contribution in [2.75, 3.05) is 54.9 Å². The van der Waals surface area contributed by atoms with Crippen LogP contribution in [0.4, 0.5) is 17.6 Å². The van der Waals surface area contributed by atoms with Crippen LogP contribution in [0.25, 0.3) is 11.8 Å². The Labute approximate surface area is 356 Å². The number of nitrogens with zero attached hydrogens (tertiary/aromatic N) is 6. The molecular weight excluding hydrogens is 755 g/mol. The number of benzene rings is 1. The number of carbonyl (C=O) groups excluding carboxylic acids is 1. The first-order chi connectivity index (χ1) is 29.0. The summed E-state index contributed by atoms with van der Waals surface area (Å²) in [5.74, 6) is 2.71. The van der Waals surface area contributed by atoms with Crippen molar-refractivity contribution in [1.82, 2.24) is 25.0 Å². The van der Waals surface area contributed by atoms with Gasteiger partial charge in [-0.2, -0.15) is 0 Å². The fourth-order valence-corrected chi connectivity index (χ4v) is 9.87. The van der Waals surface area contributed by atoms with Crippen LogP contribution in [0.2, 0.25) is 0 Å². The summed E-state index contributed by atoms with van der Waals surface area (Å²) in [7, 11) is 0. The molecule has 3 fully saturated rings. The smallest absolute Gasteiger partial charge is 0.317 e. The van der Waals surface area contributed by atoms with E-state index in [2.05, 4.69) is 31.8 Å². The third-order valence-corrected chi connectivity index (χ3v) is 13.0. The second-order valence-electron chi connectivity index (χ2n) is 16.9. The number of fused-ring (bicyclic) bond motifs is 1. The molecule has 4 aromatic rings. The molecule has 1 aromatic carbocycles. The van der Waals surface area contributed by atoms with Crippen molar-refractivity contribution < 1.29 is 19.2 Å². The van der Waals surface area contributed by atoms with E-state index in [1.165, 1.54) is 31.2 Å². The van der Waals surface area contributed by atoms with Gasteiger partial charge in [0.25, 0.3) is 0 Å². The van der Waals surface area contributed by atoms with E-state index in [0.29, 0.717) is 46.8 Å². The first-order valence-corrected chi connectivity index (χ1v) is 22.5. The number of hydrogen-bond donors (Lipinski definition) is 4. The molecule has 0 radical (unpaired) electrons. The first kappa shape index (κ1) is 44.5. The predicted molar refractivity (Wildman–Crippen MR) is 241 cm³/mol. The molecule has 0 bridgehead atoms. The Morgan fingerprint density at radius 3 is 2.35 bits per heavy atom. The summed E-state index contributed by atoms with van der Waals surface area (Å²) in [5.41, 5.74) is 18.6. The van der Waals surface area contributed by atoms with E-state index >= 15 is 0 Å². The highest BCUT2D eigenvalue weighted by molar-refractivity contribution is 5.86. The van der Waals surface area contributed by atoms with E-state index in [1.807, 2.05) is 79.1 Å². The molecule has 2 saturated heterocycles. The number of anilines is 3. The van der Waals surface area contributed by atoms with Crippen molar-refractivity contribution in [1.29, 1.82) is 0 Å². The van der Waals surface area contributed by atoms with Crippen molar-refractivity contribution in [2.45, 2.75) is 124 Å². The number of phenolic OH excluding ortho intramolecular Hbond substituents is 1. The first-order valence-electron chi connectivity index (χ1n) is 22.5. The number of para-hydroxylation sites is 1. The summed E-state index contributed by atoms with van der Waals surface area (Å²) in [6.07, 6.45) is 13.9. The van der Waals surface area contributed by atoms with Gasteiger partial charge >= 0.3 is 5.97 Å². The molecule has 6 heterocycles. The van der Waals surface area contributed by atoms with Gasteiger partial charge in [0.1, 0.15) is 17.5 Å². The van der Waals surface area contributed by atoms with E-state index in [1.54, 1.807) is 18.2 Å². The Balaban J connectivity index is 0.00000147. The van der Waals surface area contributed by atoms with E-state index < -0.39 is 5.92 Å². The maximum atomic E-state index is 12.6. The SMILES string of the molecule is CC.CC.CCOC(=O)C(c1cc(N2CC3(CCC(N4CCC(c5cnc(N6CCc7[nH]c(N)c(/C=C(\N)c8ccccc8O)c7C6C)nc5)CC4)CC3)C2)no1)C(C)C. The molecule has 3 aromatic heterocycles. The van der Waals surface area contributed by atoms with Gasteiger partial charge in [-0.25, -0.2) is 9.97 Å². The van der Waals surface area contributed by atoms with E-state index in [-0.39, 0.29) is 23.7 Å². The molecule has 0 amide bonds. The molecule has 60 heavy (non-hydrogen) atoms. The van der Waals surface area contributed by atoms with Gasteiger partial charge in [0.2, 0.25) is 5.95 Å². The van der Waals surface area contributed by atoms with E-state index in [4.69, 9.17) is 30.7 Å². The molecule has 1 spiro atoms. The summed E-state index contributed by atoms with van der Waals surface area (Å²) in [6.45, 7) is 21.4. The fraction of sp³-hybridized carbons (Fsp3) is 0.574. The number of H-pyrrole nitrogens is 1. The van der Waals surface area contributed by atoms with Crippen LogP contribution >= 0.6 is 0 Å². The molecule has 6 N–H and O–H groups in total. The van der Waals surface area contributed by atoms with Gasteiger partial charge in [-0.1, -0.05) is 58.8 Å². The average molecular weight is 824 g/mol. The van der Waals surface area contributed by atoms with Crippen molar-refractivity contribution in [3.63, 3.8) is 0 Å². The van der Waals surface area contributed by atoms with Crippen LogP contribution in [0, 0.1) is 11.3 Å². The maximum absolute atomic E-state index is 12.6. The summed E-state index contributed by atoms with van der Waals surface area (Å²) >= 11 is 0. The number of nitrogens with two attached hydrogens (primary N) is 2. The molecule has 13 nitrogen and oxygen atoms in total. The number of aromatic hydroxyl groups is 1. The second-order valence-corrected chi connectivity index (χ2v) is 16.9. The molecule has 4 aliphatic rings. The molecule has 13 heteroatoms. The second kappa shape index (κ2) is 19.6. The lowest BCUT2D eigenvalue weighted by Crippen LogP contribution is -2.59. The molecule has 8 rings (SSSR count). The number of likely N-dealkylation sites (tertiary alicyclic amines) is 1. The van der Waals surface area contributed by atoms with Crippen LogP contribution in [0.1, 0.15) is 146 Å². The number of ether oxygens (including phenoxy) is 1. The zero-order chi connectivity index (χ0) is 43.1. The Hall–Kier alpha value is -5.04. The minimum Gasteiger partial charge on any atom is -0.507 e. The number of phenols is 1. The number of nitrogens with one attached hydrogen (secondary N) is 1. The molecule has 1 aliphatic carbocycles. The number of esters is 1. The van der Waals surface area contributed by atoms with Crippen LogP contribution < -0.4 is 21.3 Å². The number of aromatic nitrogens is 4. The minimum absolute atomic E-state index is 0.0158. The summed E-state index contributed by atoms with van der Waals surface area (Å²) in [5, 5.41) is 14.7. The summed E-state index contributed by atoms with van der Waals surface area (Å²) in [4.78, 5) is 33.0. The lowest BCUT2D eigenvalue weighted by Gasteiger charge is -2.54. The summed E-state index contributed by atoms with van der Waals surface area (Å²) < 4.78 is 11.0. The van der Waals surface area contributed by atoms with Crippen molar-refractivity contribution in [2.24, 2.45) is 17.1 Å². The highest BCUT2D eigenvalue weighted by Gasteiger charge is 2.47. The van der Waals surface area contributed by atoms with Crippen molar-refractivity contribution in [3.05, 3.63) is 76.4 Å². The fourth-order valence-electron chi connectivity index (χ4n) is 9.87. The minimum atomic E-state index is -0.432. The molecule has 2 atom stereocenters. The zero-order valence-corrected chi connectivity index (χ0v) is 37.2. The lowest BCUT2D eigenvalue weighted by molar-refractivity contribution is -0.146. The Bertz CT molecular complexity index is 2030. The van der Waals surface area contributed by atoms with Gasteiger partial charge in [0, 0.05) is 84.1 Å². The van der Waals surface area contributed by atoms with Crippen LogP contribution in [0.5, 0.6) is 5.75 Å². The van der Waals surface area contributed by atoms with Gasteiger partial charge < -0.3 is 45.5 Å². The standard InChI is InChI=1S/C43H57N9O4.2C2H6/c1-5-55-41(54)38(26(2)3)36-21-37(49-56-36)51-24-43(25-51)15-10-30(11-16-43)50-17-12-28(13-18-50)29-22-46-42(47-23-29)52-19-14-34-39(27(52)4)32(40(45)48-34)20-33(44)31-8-6-7-9-35(31)53;2*1-2/h6-9,20-23,26-28,30,38,48,53H,5,10-19,24-25,44-45H2,1-4H3;2*1-2H3/b33-20-;;. The largest absolute Gasteiger partial charge is 0.507 e. The maximum Gasteiger partial charge on any atom is 0.317 e. The molecular formula is C47H69N9O4. The third kappa shape index (κ3) is 9.16. The van der Waals surface area contributed by atoms with Crippen LogP contribution in [0.3, 0.4) is 0 Å². The number of rotatable bonds is 10. The highest BCUT2D eigenvalue weighted by atomic mass is 16.5. The van der Waals surface area contributed by atoms with Gasteiger partial charge in [-0.15, -0.1) is 0 Å². The molecule has 1 saturated carbocycles. The Morgan fingerprint density at radius 2 is 1.72 bits per heavy atom. The molecule has 3 aliphatic heterocycles. The third-order valence-electron chi connectivity index (χ3n) is 13.0. The van der Waals surface area contributed by atoms with Crippen LogP contribution in [0.15, 0.2) is 47.2 Å². The molecule has 2 unspecified atom stereocenters. The number of aromatic amines is 1. The van der Waals surface area contributed by atoms with Gasteiger partial charge in [-0.3, -0.25) is 4.79 Å². The average Bonchev–Trinajstić information content (AvgIpc) is 3.86. The zero-order valence-electron chi connectivity index (χ0n) is 37.2. The van der Waals surface area contributed by atoms with Gasteiger partial charge in [0.05, 0.1) is 12.6 Å². The Kier molecular flexibility index (Phi) is 14.5. The number of hydrogen-bond acceptors (Lipinski definition) is 12. The molecule has 326 valence electrons. The normalized spacial score (nSPS) is 20.1. The monoisotopic (exact) mass is 824 g/mol. The van der Waals surface area contributed by atoms with E-state index in [0.717, 1.165) is 80.6 Å². The quantitative estimate of drug-likeness (QED) is 0.112. The number of nitrogen functional groups attached to an aromatic ring is 1. The lowest BCUT2D eigenvalue weighted by atomic mass is 9.67. The Morgan fingerprint density at radius 1 is 1.05 bits per heavy atom. The highest BCUT2D eigenvalue weighted by Crippen LogP contribution is 2.47. The van der Waals surface area contributed by atoms with Crippen LogP contribution in [-0.4, -0.2) is 81.5 Å². The number of piperidine rings is 1. The van der Waals surface area contributed by atoms with Crippen molar-refractivity contribution >= 4 is 35.3 Å². The van der Waals surface area contributed by atoms with Crippen molar-refractivity contribution in [3.8, 4) is 5.75 Å². The predicted octanol–water partition coefficient (Wildman–Crippen LogP) is 8.64. The van der Waals surface area contributed by atoms with Gasteiger partial charge in [0.15, 0.2) is 11.6 Å². The van der Waals surface area contributed by atoms with E-state index in [9.17, 15) is 9.90 Å². The van der Waals surface area contributed by atoms with Crippen LogP contribution in [-0.2, 0) is 16.0 Å². The number of carbonyl (C=O) groups is 1. The summed E-state index contributed by atoms with van der Waals surface area (Å²) in [6, 6.07) is 9.63.